The lowest BCUT2D eigenvalue weighted by Crippen LogP contribution is -2.22. The molecule has 1 amide bonds. The van der Waals surface area contributed by atoms with Gasteiger partial charge in [0.1, 0.15) is 5.82 Å². The topological polar surface area (TPSA) is 84.2 Å². The fourth-order valence-electron chi connectivity index (χ4n) is 2.89. The number of benzene rings is 1. The number of rotatable bonds is 9. The molecule has 0 radical (unpaired) electrons. The number of nitrogens with zero attached hydrogens (tertiary/aromatic N) is 4. The summed E-state index contributed by atoms with van der Waals surface area (Å²) in [7, 11) is 0. The lowest BCUT2D eigenvalue weighted by atomic mass is 10.2. The molecule has 0 unspecified atom stereocenters. The van der Waals surface area contributed by atoms with Crippen molar-refractivity contribution in [3.63, 3.8) is 0 Å². The summed E-state index contributed by atoms with van der Waals surface area (Å²) in [6.07, 6.45) is 3.19. The number of hydrogen-bond acceptors (Lipinski definition) is 6. The van der Waals surface area contributed by atoms with Crippen LogP contribution in [0.25, 0.3) is 11.4 Å². The summed E-state index contributed by atoms with van der Waals surface area (Å²) in [6.45, 7) is 5.96. The number of carbonyl (C=O) groups is 1. The number of amides is 1. The van der Waals surface area contributed by atoms with E-state index >= 15 is 0 Å². The number of aryl methyl sites for hydroxylation is 1. The van der Waals surface area contributed by atoms with Gasteiger partial charge in [-0.1, -0.05) is 16.8 Å². The number of carbonyl (C=O) groups excluding carboxylic acids is 1. The molecule has 0 aliphatic heterocycles. The highest BCUT2D eigenvalue weighted by atomic mass is 35.5. The number of nitrogens with one attached hydrogen (secondary N) is 1. The first-order valence-electron chi connectivity index (χ1n) is 9.68. The molecule has 7 nitrogen and oxygen atoms in total. The van der Waals surface area contributed by atoms with Crippen molar-refractivity contribution in [1.29, 1.82) is 0 Å². The fourth-order valence-corrected chi connectivity index (χ4v) is 3.02. The standard InChI is InChI=1S/C21H24ClN5O2/c1-3-27(4-2)18-13-12-17(14-23-18)24-19(28)6-5-7-20-25-21(26-29-20)15-8-10-16(22)11-9-15/h8-14H,3-7H2,1-2H3,(H,24,28). The largest absolute Gasteiger partial charge is 0.357 e. The van der Waals surface area contributed by atoms with E-state index < -0.39 is 0 Å². The predicted octanol–water partition coefficient (Wildman–Crippen LogP) is 4.59. The molecule has 3 rings (SSSR count). The maximum absolute atomic E-state index is 12.2. The average Bonchev–Trinajstić information content (AvgIpc) is 3.19. The smallest absolute Gasteiger partial charge is 0.226 e. The van der Waals surface area contributed by atoms with Crippen molar-refractivity contribution in [2.24, 2.45) is 0 Å². The van der Waals surface area contributed by atoms with Crippen LogP contribution in [0.4, 0.5) is 11.5 Å². The Morgan fingerprint density at radius 3 is 2.55 bits per heavy atom. The van der Waals surface area contributed by atoms with E-state index in [-0.39, 0.29) is 5.91 Å². The number of hydrogen-bond donors (Lipinski definition) is 1. The van der Waals surface area contributed by atoms with E-state index in [9.17, 15) is 4.79 Å². The second-order valence-electron chi connectivity index (χ2n) is 6.50. The van der Waals surface area contributed by atoms with Gasteiger partial charge in [0.05, 0.1) is 11.9 Å². The van der Waals surface area contributed by atoms with Gasteiger partial charge >= 0.3 is 0 Å². The van der Waals surface area contributed by atoms with Crippen LogP contribution >= 0.6 is 11.6 Å². The van der Waals surface area contributed by atoms with Crippen molar-refractivity contribution in [2.75, 3.05) is 23.3 Å². The average molecular weight is 414 g/mol. The van der Waals surface area contributed by atoms with Gasteiger partial charge in [0.15, 0.2) is 0 Å². The first-order valence-corrected chi connectivity index (χ1v) is 10.1. The molecule has 2 heterocycles. The van der Waals surface area contributed by atoms with E-state index in [4.69, 9.17) is 16.1 Å². The van der Waals surface area contributed by atoms with Crippen molar-refractivity contribution in [1.82, 2.24) is 15.1 Å². The molecule has 0 fully saturated rings. The van der Waals surface area contributed by atoms with Crippen molar-refractivity contribution in [2.45, 2.75) is 33.1 Å². The molecular formula is C21H24ClN5O2. The first-order chi connectivity index (χ1) is 14.1. The summed E-state index contributed by atoms with van der Waals surface area (Å²) in [6, 6.07) is 11.0. The zero-order valence-electron chi connectivity index (χ0n) is 16.6. The van der Waals surface area contributed by atoms with Crippen molar-refractivity contribution in [3.05, 3.63) is 53.5 Å². The van der Waals surface area contributed by atoms with Crippen LogP contribution in [0.15, 0.2) is 47.1 Å². The monoisotopic (exact) mass is 413 g/mol. The van der Waals surface area contributed by atoms with Gasteiger partial charge < -0.3 is 14.7 Å². The molecule has 2 aromatic heterocycles. The van der Waals surface area contributed by atoms with Gasteiger partial charge in [0.2, 0.25) is 17.6 Å². The van der Waals surface area contributed by atoms with E-state index in [2.05, 4.69) is 39.2 Å². The Kier molecular flexibility index (Phi) is 7.19. The van der Waals surface area contributed by atoms with Gasteiger partial charge in [-0.2, -0.15) is 4.98 Å². The summed E-state index contributed by atoms with van der Waals surface area (Å²) < 4.78 is 5.27. The Labute approximate surface area is 175 Å². The Hall–Kier alpha value is -2.93. The van der Waals surface area contributed by atoms with E-state index in [0.717, 1.165) is 24.5 Å². The number of anilines is 2. The van der Waals surface area contributed by atoms with Gasteiger partial charge in [-0.25, -0.2) is 4.98 Å². The van der Waals surface area contributed by atoms with Crippen molar-refractivity contribution >= 4 is 29.0 Å². The zero-order valence-corrected chi connectivity index (χ0v) is 17.3. The van der Waals surface area contributed by atoms with E-state index in [1.807, 2.05) is 24.3 Å². The predicted molar refractivity (Wildman–Crippen MR) is 114 cm³/mol. The van der Waals surface area contributed by atoms with Crippen LogP contribution in [-0.4, -0.2) is 34.1 Å². The second kappa shape index (κ2) is 10.0. The van der Waals surface area contributed by atoms with Gasteiger partial charge in [-0.3, -0.25) is 4.79 Å². The van der Waals surface area contributed by atoms with E-state index in [1.165, 1.54) is 0 Å². The Balaban J connectivity index is 1.46. The lowest BCUT2D eigenvalue weighted by molar-refractivity contribution is -0.116. The van der Waals surface area contributed by atoms with Gasteiger partial charge in [0.25, 0.3) is 0 Å². The van der Waals surface area contributed by atoms with Crippen LogP contribution in [0, 0.1) is 0 Å². The molecule has 29 heavy (non-hydrogen) atoms. The number of pyridine rings is 1. The number of aromatic nitrogens is 3. The molecule has 1 aromatic carbocycles. The second-order valence-corrected chi connectivity index (χ2v) is 6.93. The van der Waals surface area contributed by atoms with Crippen LogP contribution in [0.2, 0.25) is 5.02 Å². The summed E-state index contributed by atoms with van der Waals surface area (Å²) in [4.78, 5) is 23.1. The summed E-state index contributed by atoms with van der Waals surface area (Å²) in [5.74, 6) is 1.86. The molecule has 1 N–H and O–H groups in total. The maximum Gasteiger partial charge on any atom is 0.226 e. The first kappa shape index (κ1) is 20.8. The minimum Gasteiger partial charge on any atom is -0.357 e. The molecule has 0 saturated carbocycles. The quantitative estimate of drug-likeness (QED) is 0.552. The van der Waals surface area contributed by atoms with Gasteiger partial charge in [-0.15, -0.1) is 0 Å². The van der Waals surface area contributed by atoms with Crippen LogP contribution < -0.4 is 10.2 Å². The highest BCUT2D eigenvalue weighted by Crippen LogP contribution is 2.19. The molecule has 8 heteroatoms. The van der Waals surface area contributed by atoms with Crippen LogP contribution in [0.5, 0.6) is 0 Å². The third-order valence-corrected chi connectivity index (χ3v) is 4.74. The minimum atomic E-state index is -0.0696. The number of halogens is 1. The zero-order chi connectivity index (χ0) is 20.6. The Bertz CT molecular complexity index is 921. The Morgan fingerprint density at radius 1 is 1.14 bits per heavy atom. The molecule has 0 bridgehead atoms. The lowest BCUT2D eigenvalue weighted by Gasteiger charge is -2.19. The molecular weight excluding hydrogens is 390 g/mol. The summed E-state index contributed by atoms with van der Waals surface area (Å²) >= 11 is 5.89. The Morgan fingerprint density at radius 2 is 1.90 bits per heavy atom. The molecule has 152 valence electrons. The molecule has 0 aliphatic carbocycles. The van der Waals surface area contributed by atoms with Gasteiger partial charge in [0, 0.05) is 36.5 Å². The molecule has 0 saturated heterocycles. The third kappa shape index (κ3) is 5.77. The summed E-state index contributed by atoms with van der Waals surface area (Å²) in [5.41, 5.74) is 1.52. The summed E-state index contributed by atoms with van der Waals surface area (Å²) in [5, 5.41) is 7.50. The van der Waals surface area contributed by atoms with Crippen LogP contribution in [0.3, 0.4) is 0 Å². The maximum atomic E-state index is 12.2. The molecule has 0 atom stereocenters. The molecule has 3 aromatic rings. The highest BCUT2D eigenvalue weighted by Gasteiger charge is 2.10. The third-order valence-electron chi connectivity index (χ3n) is 4.48. The van der Waals surface area contributed by atoms with E-state index in [0.29, 0.717) is 41.7 Å². The van der Waals surface area contributed by atoms with Crippen LogP contribution in [0.1, 0.15) is 32.6 Å². The van der Waals surface area contributed by atoms with Gasteiger partial charge in [-0.05, 0) is 56.7 Å². The minimum absolute atomic E-state index is 0.0696. The van der Waals surface area contributed by atoms with Crippen molar-refractivity contribution in [3.8, 4) is 11.4 Å². The molecule has 0 spiro atoms. The van der Waals surface area contributed by atoms with E-state index in [1.54, 1.807) is 18.3 Å². The van der Waals surface area contributed by atoms with Crippen LogP contribution in [-0.2, 0) is 11.2 Å². The SMILES string of the molecule is CCN(CC)c1ccc(NC(=O)CCCc2nc(-c3ccc(Cl)cc3)no2)cn1. The van der Waals surface area contributed by atoms with Crippen molar-refractivity contribution < 1.29 is 9.32 Å². The fraction of sp³-hybridized carbons (Fsp3) is 0.333. The highest BCUT2D eigenvalue weighted by molar-refractivity contribution is 6.30. The normalized spacial score (nSPS) is 10.7. The molecule has 0 aliphatic rings.